The van der Waals surface area contributed by atoms with Crippen LogP contribution in [0.15, 0.2) is 18.3 Å². The zero-order chi connectivity index (χ0) is 14.4. The summed E-state index contributed by atoms with van der Waals surface area (Å²) < 4.78 is 0. The maximum atomic E-state index is 12.2. The van der Waals surface area contributed by atoms with Crippen LogP contribution >= 0.6 is 0 Å². The third-order valence-corrected chi connectivity index (χ3v) is 5.23. The molecule has 3 aliphatic rings. The predicted molar refractivity (Wildman–Crippen MR) is 82.2 cm³/mol. The molecule has 0 unspecified atom stereocenters. The van der Waals surface area contributed by atoms with Crippen molar-refractivity contribution in [2.45, 2.75) is 51.1 Å². The molecule has 0 bridgehead atoms. The minimum atomic E-state index is 0.404. The molecule has 0 aromatic carbocycles. The second-order valence-corrected chi connectivity index (χ2v) is 6.82. The molecule has 2 atom stereocenters. The van der Waals surface area contributed by atoms with Gasteiger partial charge in [0.2, 0.25) is 5.91 Å². The molecule has 0 radical (unpaired) electrons. The SMILES string of the molecule is Cc1ccnc(N2CC[C@H]3[C@H](CCC(=O)N3C3CC3)C2)c1. The third kappa shape index (κ3) is 2.41. The standard InChI is InChI=1S/C17H23N3O/c1-12-6-8-18-16(10-12)19-9-7-15-13(11-19)2-5-17(21)20(15)14-3-4-14/h6,8,10,13-15H,2-5,7,9,11H2,1H3/t13-,15+/m1/s1. The molecule has 2 aliphatic heterocycles. The fraction of sp³-hybridized carbons (Fsp3) is 0.647. The van der Waals surface area contributed by atoms with Crippen LogP contribution in [0.5, 0.6) is 0 Å². The molecule has 3 fully saturated rings. The molecule has 0 N–H and O–H groups in total. The van der Waals surface area contributed by atoms with Gasteiger partial charge in [-0.3, -0.25) is 4.79 Å². The lowest BCUT2D eigenvalue weighted by Crippen LogP contribution is -2.56. The van der Waals surface area contributed by atoms with E-state index in [4.69, 9.17) is 0 Å². The molecule has 4 nitrogen and oxygen atoms in total. The second-order valence-electron chi connectivity index (χ2n) is 6.82. The first kappa shape index (κ1) is 13.1. The highest BCUT2D eigenvalue weighted by Gasteiger charge is 2.45. The summed E-state index contributed by atoms with van der Waals surface area (Å²) in [5.74, 6) is 2.13. The van der Waals surface area contributed by atoms with E-state index >= 15 is 0 Å². The molecule has 4 rings (SSSR count). The van der Waals surface area contributed by atoms with Crippen molar-refractivity contribution in [3.05, 3.63) is 23.9 Å². The zero-order valence-electron chi connectivity index (χ0n) is 12.7. The number of hydrogen-bond donors (Lipinski definition) is 0. The van der Waals surface area contributed by atoms with Crippen molar-refractivity contribution < 1.29 is 4.79 Å². The number of carbonyl (C=O) groups excluding carboxylic acids is 1. The summed E-state index contributed by atoms with van der Waals surface area (Å²) in [5.41, 5.74) is 1.26. The predicted octanol–water partition coefficient (Wildman–Crippen LogP) is 2.37. The van der Waals surface area contributed by atoms with Crippen LogP contribution in [0.2, 0.25) is 0 Å². The highest BCUT2D eigenvalue weighted by Crippen LogP contribution is 2.39. The summed E-state index contributed by atoms with van der Waals surface area (Å²) in [5, 5.41) is 0. The van der Waals surface area contributed by atoms with E-state index in [1.54, 1.807) is 0 Å². The van der Waals surface area contributed by atoms with E-state index in [-0.39, 0.29) is 0 Å². The Morgan fingerprint density at radius 1 is 1.24 bits per heavy atom. The first-order valence-electron chi connectivity index (χ1n) is 8.21. The van der Waals surface area contributed by atoms with E-state index in [1.165, 1.54) is 18.4 Å². The molecule has 112 valence electrons. The number of aryl methyl sites for hydroxylation is 1. The lowest BCUT2D eigenvalue weighted by molar-refractivity contribution is -0.140. The molecule has 0 spiro atoms. The Labute approximate surface area is 126 Å². The minimum Gasteiger partial charge on any atom is -0.356 e. The normalized spacial score (nSPS) is 29.5. The summed E-state index contributed by atoms with van der Waals surface area (Å²) >= 11 is 0. The lowest BCUT2D eigenvalue weighted by atomic mass is 9.83. The molecule has 21 heavy (non-hydrogen) atoms. The van der Waals surface area contributed by atoms with Gasteiger partial charge in [-0.15, -0.1) is 0 Å². The number of amides is 1. The Morgan fingerprint density at radius 3 is 2.86 bits per heavy atom. The molecule has 3 heterocycles. The summed E-state index contributed by atoms with van der Waals surface area (Å²) in [6, 6.07) is 5.27. The Hall–Kier alpha value is -1.58. The van der Waals surface area contributed by atoms with Gasteiger partial charge in [-0.1, -0.05) is 0 Å². The second kappa shape index (κ2) is 5.00. The maximum absolute atomic E-state index is 12.2. The van der Waals surface area contributed by atoms with Crippen LogP contribution in [-0.4, -0.2) is 41.0 Å². The monoisotopic (exact) mass is 285 g/mol. The van der Waals surface area contributed by atoms with E-state index in [1.807, 2.05) is 12.3 Å². The maximum Gasteiger partial charge on any atom is 0.223 e. The van der Waals surface area contributed by atoms with Crippen LogP contribution in [0, 0.1) is 12.8 Å². The summed E-state index contributed by atoms with van der Waals surface area (Å²) in [6.45, 7) is 4.19. The largest absolute Gasteiger partial charge is 0.356 e. The first-order valence-corrected chi connectivity index (χ1v) is 8.21. The number of fused-ring (bicyclic) bond motifs is 1. The number of likely N-dealkylation sites (tertiary alicyclic amines) is 1. The van der Waals surface area contributed by atoms with Crippen LogP contribution in [-0.2, 0) is 4.79 Å². The average molecular weight is 285 g/mol. The first-order chi connectivity index (χ1) is 10.2. The number of rotatable bonds is 2. The van der Waals surface area contributed by atoms with Crippen LogP contribution < -0.4 is 4.90 Å². The molecule has 1 saturated carbocycles. The van der Waals surface area contributed by atoms with E-state index in [0.29, 0.717) is 23.9 Å². The van der Waals surface area contributed by atoms with Crippen molar-refractivity contribution in [2.24, 2.45) is 5.92 Å². The van der Waals surface area contributed by atoms with Crippen molar-refractivity contribution in [2.75, 3.05) is 18.0 Å². The molecule has 1 amide bonds. The van der Waals surface area contributed by atoms with Gasteiger partial charge < -0.3 is 9.80 Å². The number of carbonyl (C=O) groups is 1. The number of aromatic nitrogens is 1. The van der Waals surface area contributed by atoms with E-state index in [9.17, 15) is 4.79 Å². The zero-order valence-corrected chi connectivity index (χ0v) is 12.7. The molecule has 1 aromatic heterocycles. The summed E-state index contributed by atoms with van der Waals surface area (Å²) in [7, 11) is 0. The van der Waals surface area contributed by atoms with Crippen molar-refractivity contribution in [1.82, 2.24) is 9.88 Å². The lowest BCUT2D eigenvalue weighted by Gasteiger charge is -2.47. The average Bonchev–Trinajstić information content (AvgIpc) is 3.31. The van der Waals surface area contributed by atoms with Gasteiger partial charge in [0.15, 0.2) is 0 Å². The molecule has 4 heteroatoms. The molecule has 1 aromatic rings. The number of piperidine rings is 2. The van der Waals surface area contributed by atoms with Crippen LogP contribution in [0.1, 0.15) is 37.7 Å². The van der Waals surface area contributed by atoms with E-state index in [2.05, 4.69) is 27.8 Å². The van der Waals surface area contributed by atoms with Gasteiger partial charge in [-0.25, -0.2) is 4.98 Å². The van der Waals surface area contributed by atoms with E-state index in [0.717, 1.165) is 38.2 Å². The smallest absolute Gasteiger partial charge is 0.223 e. The van der Waals surface area contributed by atoms with Gasteiger partial charge in [0, 0.05) is 37.8 Å². The molecule has 2 saturated heterocycles. The highest BCUT2D eigenvalue weighted by molar-refractivity contribution is 5.78. The third-order valence-electron chi connectivity index (χ3n) is 5.23. The number of nitrogens with zero attached hydrogens (tertiary/aromatic N) is 3. The molecular weight excluding hydrogens is 262 g/mol. The van der Waals surface area contributed by atoms with Crippen LogP contribution in [0.4, 0.5) is 5.82 Å². The van der Waals surface area contributed by atoms with Crippen molar-refractivity contribution in [3.63, 3.8) is 0 Å². The Kier molecular flexibility index (Phi) is 3.12. The highest BCUT2D eigenvalue weighted by atomic mass is 16.2. The van der Waals surface area contributed by atoms with E-state index < -0.39 is 0 Å². The summed E-state index contributed by atoms with van der Waals surface area (Å²) in [4.78, 5) is 21.4. The summed E-state index contributed by atoms with van der Waals surface area (Å²) in [6.07, 6.45) is 7.23. The fourth-order valence-electron chi connectivity index (χ4n) is 4.02. The van der Waals surface area contributed by atoms with Crippen LogP contribution in [0.25, 0.3) is 0 Å². The number of hydrogen-bond acceptors (Lipinski definition) is 3. The van der Waals surface area contributed by atoms with Gasteiger partial charge in [0.1, 0.15) is 5.82 Å². The van der Waals surface area contributed by atoms with Gasteiger partial charge >= 0.3 is 0 Å². The fourth-order valence-corrected chi connectivity index (χ4v) is 4.02. The Bertz CT molecular complexity index is 555. The van der Waals surface area contributed by atoms with Crippen LogP contribution in [0.3, 0.4) is 0 Å². The topological polar surface area (TPSA) is 36.4 Å². The van der Waals surface area contributed by atoms with Gasteiger partial charge in [-0.2, -0.15) is 0 Å². The molecular formula is C17H23N3O. The van der Waals surface area contributed by atoms with Crippen molar-refractivity contribution in [1.29, 1.82) is 0 Å². The van der Waals surface area contributed by atoms with Gasteiger partial charge in [0.05, 0.1) is 0 Å². The Morgan fingerprint density at radius 2 is 2.10 bits per heavy atom. The number of pyridine rings is 1. The quantitative estimate of drug-likeness (QED) is 0.837. The van der Waals surface area contributed by atoms with Crippen molar-refractivity contribution >= 4 is 11.7 Å². The number of anilines is 1. The van der Waals surface area contributed by atoms with Crippen molar-refractivity contribution in [3.8, 4) is 0 Å². The minimum absolute atomic E-state index is 0.404. The Balaban J connectivity index is 1.52. The van der Waals surface area contributed by atoms with Gasteiger partial charge in [0.25, 0.3) is 0 Å². The molecule has 1 aliphatic carbocycles. The van der Waals surface area contributed by atoms with Gasteiger partial charge in [-0.05, 0) is 56.2 Å².